The Hall–Kier alpha value is -1.56. The fourth-order valence-corrected chi connectivity index (χ4v) is 1.85. The lowest BCUT2D eigenvalue weighted by Gasteiger charge is -2.11. The number of hydrogen-bond donors (Lipinski definition) is 1. The van der Waals surface area contributed by atoms with Crippen molar-refractivity contribution in [3.05, 3.63) is 40.5 Å². The lowest BCUT2D eigenvalue weighted by atomic mass is 10.3. The number of aryl methyl sites for hydroxylation is 1. The van der Waals surface area contributed by atoms with Crippen molar-refractivity contribution < 1.29 is 9.21 Å². The molecule has 6 heteroatoms. The molecule has 0 aliphatic carbocycles. The third-order valence-corrected chi connectivity index (χ3v) is 2.99. The molecule has 1 atom stereocenters. The molecule has 0 radical (unpaired) electrons. The van der Waals surface area contributed by atoms with E-state index in [1.807, 2.05) is 19.1 Å². The Morgan fingerprint density at radius 1 is 1.61 bits per heavy atom. The first-order valence-corrected chi connectivity index (χ1v) is 6.38. The van der Waals surface area contributed by atoms with Crippen LogP contribution < -0.4 is 5.32 Å². The van der Waals surface area contributed by atoms with Gasteiger partial charge in [-0.2, -0.15) is 5.10 Å². The molecule has 0 aromatic carbocycles. The van der Waals surface area contributed by atoms with Gasteiger partial charge in [-0.1, -0.05) is 0 Å². The summed E-state index contributed by atoms with van der Waals surface area (Å²) in [6.45, 7) is 4.05. The van der Waals surface area contributed by atoms with Crippen LogP contribution in [0.15, 0.2) is 33.4 Å². The first-order valence-electron chi connectivity index (χ1n) is 5.59. The molecule has 1 amide bonds. The van der Waals surface area contributed by atoms with E-state index in [2.05, 4.69) is 26.3 Å². The smallest absolute Gasteiger partial charge is 0.244 e. The van der Waals surface area contributed by atoms with E-state index in [1.54, 1.807) is 24.0 Å². The SMILES string of the molecule is Cc1ccc(CNC(=O)C(C)n2cc(Br)cn2)o1. The molecule has 2 heterocycles. The average molecular weight is 312 g/mol. The van der Waals surface area contributed by atoms with Crippen molar-refractivity contribution in [1.29, 1.82) is 0 Å². The molecular weight excluding hydrogens is 298 g/mol. The van der Waals surface area contributed by atoms with E-state index in [-0.39, 0.29) is 11.9 Å². The van der Waals surface area contributed by atoms with Gasteiger partial charge in [0.2, 0.25) is 5.91 Å². The summed E-state index contributed by atoms with van der Waals surface area (Å²) in [5.41, 5.74) is 0. The molecule has 1 N–H and O–H groups in total. The van der Waals surface area contributed by atoms with E-state index in [0.29, 0.717) is 6.54 Å². The number of furan rings is 1. The minimum atomic E-state index is -0.354. The van der Waals surface area contributed by atoms with E-state index < -0.39 is 0 Å². The number of amides is 1. The van der Waals surface area contributed by atoms with Crippen molar-refractivity contribution in [2.75, 3.05) is 0 Å². The molecule has 2 aromatic heterocycles. The first-order chi connectivity index (χ1) is 8.56. The maximum absolute atomic E-state index is 11.9. The Bertz CT molecular complexity index is 547. The molecule has 0 spiro atoms. The van der Waals surface area contributed by atoms with E-state index in [1.165, 1.54) is 0 Å². The molecule has 0 fully saturated rings. The van der Waals surface area contributed by atoms with Gasteiger partial charge in [-0.15, -0.1) is 0 Å². The topological polar surface area (TPSA) is 60.1 Å². The minimum absolute atomic E-state index is 0.0975. The van der Waals surface area contributed by atoms with Gasteiger partial charge in [0.1, 0.15) is 17.6 Å². The second-order valence-electron chi connectivity index (χ2n) is 4.04. The second-order valence-corrected chi connectivity index (χ2v) is 4.96. The Kier molecular flexibility index (Phi) is 3.86. The second kappa shape index (κ2) is 5.39. The Labute approximate surface area is 113 Å². The van der Waals surface area contributed by atoms with Crippen molar-refractivity contribution in [2.45, 2.75) is 26.4 Å². The summed E-state index contributed by atoms with van der Waals surface area (Å²) >= 11 is 3.30. The van der Waals surface area contributed by atoms with Crippen LogP contribution in [0, 0.1) is 6.92 Å². The van der Waals surface area contributed by atoms with Gasteiger partial charge in [-0.3, -0.25) is 9.48 Å². The third-order valence-electron chi connectivity index (χ3n) is 2.58. The first kappa shape index (κ1) is 12.9. The normalized spacial score (nSPS) is 12.4. The van der Waals surface area contributed by atoms with Crippen LogP contribution in [0.1, 0.15) is 24.5 Å². The molecule has 2 aromatic rings. The number of carbonyl (C=O) groups is 1. The summed E-state index contributed by atoms with van der Waals surface area (Å²) in [7, 11) is 0. The highest BCUT2D eigenvalue weighted by Crippen LogP contribution is 2.12. The van der Waals surface area contributed by atoms with E-state index in [4.69, 9.17) is 4.42 Å². The van der Waals surface area contributed by atoms with Crippen molar-refractivity contribution >= 4 is 21.8 Å². The monoisotopic (exact) mass is 311 g/mol. The summed E-state index contributed by atoms with van der Waals surface area (Å²) in [6, 6.07) is 3.37. The van der Waals surface area contributed by atoms with Crippen LogP contribution in [-0.4, -0.2) is 15.7 Å². The van der Waals surface area contributed by atoms with Crippen LogP contribution in [0.4, 0.5) is 0 Å². The van der Waals surface area contributed by atoms with Crippen molar-refractivity contribution in [1.82, 2.24) is 15.1 Å². The van der Waals surface area contributed by atoms with Gasteiger partial charge < -0.3 is 9.73 Å². The highest BCUT2D eigenvalue weighted by Gasteiger charge is 2.15. The number of carbonyl (C=O) groups excluding carboxylic acids is 1. The standard InChI is InChI=1S/C12H14BrN3O2/c1-8-3-4-11(18-8)6-14-12(17)9(2)16-7-10(13)5-15-16/h3-5,7,9H,6H2,1-2H3,(H,14,17). The van der Waals surface area contributed by atoms with Crippen LogP contribution in [0.2, 0.25) is 0 Å². The zero-order valence-corrected chi connectivity index (χ0v) is 11.8. The van der Waals surface area contributed by atoms with Gasteiger partial charge in [0, 0.05) is 6.20 Å². The Morgan fingerprint density at radius 2 is 2.39 bits per heavy atom. The van der Waals surface area contributed by atoms with Crippen molar-refractivity contribution in [3.8, 4) is 0 Å². The number of nitrogens with one attached hydrogen (secondary N) is 1. The van der Waals surface area contributed by atoms with Gasteiger partial charge >= 0.3 is 0 Å². The van der Waals surface area contributed by atoms with Crippen molar-refractivity contribution in [2.24, 2.45) is 0 Å². The van der Waals surface area contributed by atoms with Gasteiger partial charge in [0.25, 0.3) is 0 Å². The predicted molar refractivity (Wildman–Crippen MR) is 69.9 cm³/mol. The van der Waals surface area contributed by atoms with E-state index >= 15 is 0 Å². The summed E-state index contributed by atoms with van der Waals surface area (Å²) in [4.78, 5) is 11.9. The van der Waals surface area contributed by atoms with Crippen LogP contribution in [0.5, 0.6) is 0 Å². The maximum Gasteiger partial charge on any atom is 0.244 e. The Morgan fingerprint density at radius 3 is 2.94 bits per heavy atom. The van der Waals surface area contributed by atoms with E-state index in [9.17, 15) is 4.79 Å². The third kappa shape index (κ3) is 3.01. The molecule has 0 bridgehead atoms. The molecule has 1 unspecified atom stereocenters. The molecule has 0 aliphatic heterocycles. The molecule has 0 aliphatic rings. The van der Waals surface area contributed by atoms with Crippen LogP contribution in [0.25, 0.3) is 0 Å². The average Bonchev–Trinajstić information content (AvgIpc) is 2.94. The molecule has 0 saturated heterocycles. The highest BCUT2D eigenvalue weighted by atomic mass is 79.9. The number of aromatic nitrogens is 2. The highest BCUT2D eigenvalue weighted by molar-refractivity contribution is 9.10. The molecule has 2 rings (SSSR count). The van der Waals surface area contributed by atoms with Crippen LogP contribution in [-0.2, 0) is 11.3 Å². The number of rotatable bonds is 4. The van der Waals surface area contributed by atoms with Crippen LogP contribution in [0.3, 0.4) is 0 Å². The summed E-state index contributed by atoms with van der Waals surface area (Å²) in [5, 5.41) is 6.89. The number of nitrogens with zero attached hydrogens (tertiary/aromatic N) is 2. The predicted octanol–water partition coefficient (Wildman–Crippen LogP) is 2.42. The molecular formula is C12H14BrN3O2. The maximum atomic E-state index is 11.9. The lowest BCUT2D eigenvalue weighted by molar-refractivity contribution is -0.124. The zero-order chi connectivity index (χ0) is 13.1. The van der Waals surface area contributed by atoms with Gasteiger partial charge in [0.05, 0.1) is 17.2 Å². The quantitative estimate of drug-likeness (QED) is 0.943. The molecule has 18 heavy (non-hydrogen) atoms. The van der Waals surface area contributed by atoms with Gasteiger partial charge in [-0.25, -0.2) is 0 Å². The summed E-state index contributed by atoms with van der Waals surface area (Å²) < 4.78 is 7.83. The number of halogens is 1. The van der Waals surface area contributed by atoms with E-state index in [0.717, 1.165) is 16.0 Å². The summed E-state index contributed by atoms with van der Waals surface area (Å²) in [5.74, 6) is 1.48. The minimum Gasteiger partial charge on any atom is -0.465 e. The summed E-state index contributed by atoms with van der Waals surface area (Å²) in [6.07, 6.45) is 3.42. The van der Waals surface area contributed by atoms with Gasteiger partial charge in [-0.05, 0) is 41.9 Å². The lowest BCUT2D eigenvalue weighted by Crippen LogP contribution is -2.30. The molecule has 96 valence electrons. The van der Waals surface area contributed by atoms with Crippen LogP contribution >= 0.6 is 15.9 Å². The fraction of sp³-hybridized carbons (Fsp3) is 0.333. The largest absolute Gasteiger partial charge is 0.465 e. The number of hydrogen-bond acceptors (Lipinski definition) is 3. The zero-order valence-electron chi connectivity index (χ0n) is 10.2. The molecule has 5 nitrogen and oxygen atoms in total. The molecule has 0 saturated carbocycles. The Balaban J connectivity index is 1.92. The fourth-order valence-electron chi connectivity index (χ4n) is 1.55. The van der Waals surface area contributed by atoms with Crippen molar-refractivity contribution in [3.63, 3.8) is 0 Å². The van der Waals surface area contributed by atoms with Gasteiger partial charge in [0.15, 0.2) is 0 Å².